The zero-order valence-electron chi connectivity index (χ0n) is 8.03. The molecule has 3 nitrogen and oxygen atoms in total. The molecule has 14 heavy (non-hydrogen) atoms. The van der Waals surface area contributed by atoms with Gasteiger partial charge in [-0.3, -0.25) is 0 Å². The lowest BCUT2D eigenvalue weighted by molar-refractivity contribution is 0.617. The number of halogens is 1. The van der Waals surface area contributed by atoms with E-state index in [1.54, 1.807) is 30.1 Å². The normalized spacial score (nSPS) is 10.5. The summed E-state index contributed by atoms with van der Waals surface area (Å²) >= 11 is 0. The molecule has 0 spiro atoms. The Balaban J connectivity index is 2.47. The lowest BCUT2D eigenvalue weighted by atomic mass is 10.2. The van der Waals surface area contributed by atoms with Crippen LogP contribution in [0.2, 0.25) is 0 Å². The molecule has 4 heteroatoms. The predicted molar refractivity (Wildman–Crippen MR) is 50.8 cm³/mol. The Hall–Kier alpha value is -1.71. The first-order valence-electron chi connectivity index (χ1n) is 4.31. The van der Waals surface area contributed by atoms with Crippen LogP contribution >= 0.6 is 0 Å². The van der Waals surface area contributed by atoms with Crippen LogP contribution in [-0.2, 0) is 0 Å². The second kappa shape index (κ2) is 3.21. The van der Waals surface area contributed by atoms with E-state index in [0.717, 1.165) is 5.69 Å². The van der Waals surface area contributed by atoms with Gasteiger partial charge in [0.2, 0.25) is 0 Å². The van der Waals surface area contributed by atoms with E-state index in [0.29, 0.717) is 11.4 Å². The second-order valence-corrected chi connectivity index (χ2v) is 3.17. The Morgan fingerprint density at radius 3 is 2.64 bits per heavy atom. The molecule has 0 aliphatic heterocycles. The third-order valence-corrected chi connectivity index (χ3v) is 2.01. The molecule has 0 saturated carbocycles. The zero-order valence-corrected chi connectivity index (χ0v) is 8.03. The van der Waals surface area contributed by atoms with Crippen molar-refractivity contribution in [3.63, 3.8) is 0 Å². The number of aromatic nitrogens is 3. The van der Waals surface area contributed by atoms with Gasteiger partial charge in [0.05, 0.1) is 5.69 Å². The van der Waals surface area contributed by atoms with Gasteiger partial charge in [-0.25, -0.2) is 14.1 Å². The van der Waals surface area contributed by atoms with Gasteiger partial charge in [-0.15, -0.1) is 0 Å². The van der Waals surface area contributed by atoms with Gasteiger partial charge in [-0.2, -0.15) is 5.10 Å². The first kappa shape index (κ1) is 8.87. The summed E-state index contributed by atoms with van der Waals surface area (Å²) in [4.78, 5) is 4.00. The molecule has 72 valence electrons. The number of benzene rings is 1. The van der Waals surface area contributed by atoms with Crippen LogP contribution < -0.4 is 0 Å². The van der Waals surface area contributed by atoms with Crippen molar-refractivity contribution in [2.75, 3.05) is 0 Å². The van der Waals surface area contributed by atoms with Crippen LogP contribution in [-0.4, -0.2) is 14.8 Å². The van der Waals surface area contributed by atoms with E-state index in [9.17, 15) is 4.39 Å². The summed E-state index contributed by atoms with van der Waals surface area (Å²) in [6.45, 7) is 3.54. The van der Waals surface area contributed by atoms with E-state index in [1.165, 1.54) is 6.07 Å². The van der Waals surface area contributed by atoms with Crippen molar-refractivity contribution >= 4 is 0 Å². The summed E-state index contributed by atoms with van der Waals surface area (Å²) in [6, 6.07) is 4.85. The quantitative estimate of drug-likeness (QED) is 0.690. The molecule has 2 rings (SSSR count). The molecule has 0 saturated heterocycles. The Morgan fingerprint density at radius 2 is 2.07 bits per heavy atom. The molecule has 0 bridgehead atoms. The fraction of sp³-hybridized carbons (Fsp3) is 0.200. The summed E-state index contributed by atoms with van der Waals surface area (Å²) in [7, 11) is 0. The minimum Gasteiger partial charge on any atom is -0.221 e. The topological polar surface area (TPSA) is 30.7 Å². The molecule has 2 aromatic rings. The summed E-state index contributed by atoms with van der Waals surface area (Å²) in [5.41, 5.74) is 1.43. The largest absolute Gasteiger partial charge is 0.221 e. The van der Waals surface area contributed by atoms with Gasteiger partial charge in [-0.05, 0) is 37.6 Å². The van der Waals surface area contributed by atoms with E-state index < -0.39 is 0 Å². The molecule has 0 atom stereocenters. The smallest absolute Gasteiger partial charge is 0.147 e. The van der Waals surface area contributed by atoms with Gasteiger partial charge in [-0.1, -0.05) is 0 Å². The summed E-state index contributed by atoms with van der Waals surface area (Å²) in [6.07, 6.45) is 1.61. The second-order valence-electron chi connectivity index (χ2n) is 3.17. The van der Waals surface area contributed by atoms with Crippen LogP contribution in [0.5, 0.6) is 0 Å². The third kappa shape index (κ3) is 1.51. The van der Waals surface area contributed by atoms with Gasteiger partial charge in [0.1, 0.15) is 18.0 Å². The van der Waals surface area contributed by atoms with Crippen molar-refractivity contribution in [1.29, 1.82) is 0 Å². The number of hydrogen-bond acceptors (Lipinski definition) is 2. The van der Waals surface area contributed by atoms with Gasteiger partial charge < -0.3 is 0 Å². The minimum absolute atomic E-state index is 0.203. The van der Waals surface area contributed by atoms with E-state index in [4.69, 9.17) is 0 Å². The van der Waals surface area contributed by atoms with Crippen molar-refractivity contribution in [3.8, 4) is 5.69 Å². The SMILES string of the molecule is Cc1ncn(-c2ccc(F)c(C)c2)n1. The highest BCUT2D eigenvalue weighted by atomic mass is 19.1. The zero-order chi connectivity index (χ0) is 10.1. The molecular formula is C10H10FN3. The summed E-state index contributed by atoms with van der Waals surface area (Å²) in [5.74, 6) is 0.498. The number of rotatable bonds is 1. The maximum absolute atomic E-state index is 13.0. The van der Waals surface area contributed by atoms with Crippen LogP contribution in [0.1, 0.15) is 11.4 Å². The maximum Gasteiger partial charge on any atom is 0.147 e. The van der Waals surface area contributed by atoms with Crippen LogP contribution in [0.25, 0.3) is 5.69 Å². The van der Waals surface area contributed by atoms with Crippen LogP contribution in [0.15, 0.2) is 24.5 Å². The first-order valence-corrected chi connectivity index (χ1v) is 4.31. The highest BCUT2D eigenvalue weighted by Crippen LogP contribution is 2.12. The first-order chi connectivity index (χ1) is 6.66. The molecule has 0 amide bonds. The fourth-order valence-corrected chi connectivity index (χ4v) is 1.24. The Labute approximate surface area is 81.2 Å². The summed E-state index contributed by atoms with van der Waals surface area (Å²) in [5, 5.41) is 4.13. The number of aryl methyl sites for hydroxylation is 2. The van der Waals surface area contributed by atoms with Gasteiger partial charge in [0, 0.05) is 0 Å². The molecule has 0 N–H and O–H groups in total. The van der Waals surface area contributed by atoms with Crippen LogP contribution in [0, 0.1) is 19.7 Å². The van der Waals surface area contributed by atoms with Gasteiger partial charge in [0.15, 0.2) is 0 Å². The minimum atomic E-state index is -0.203. The highest BCUT2D eigenvalue weighted by Gasteiger charge is 2.02. The summed E-state index contributed by atoms with van der Waals surface area (Å²) < 4.78 is 14.6. The van der Waals surface area contributed by atoms with Crippen molar-refractivity contribution < 1.29 is 4.39 Å². The Kier molecular flexibility index (Phi) is 2.04. The molecule has 0 aliphatic rings. The van der Waals surface area contributed by atoms with Crippen LogP contribution in [0.4, 0.5) is 4.39 Å². The van der Waals surface area contributed by atoms with E-state index in [1.807, 2.05) is 6.92 Å². The molecule has 0 radical (unpaired) electrons. The predicted octanol–water partition coefficient (Wildman–Crippen LogP) is 2.02. The van der Waals surface area contributed by atoms with Gasteiger partial charge in [0.25, 0.3) is 0 Å². The third-order valence-electron chi connectivity index (χ3n) is 2.01. The van der Waals surface area contributed by atoms with E-state index >= 15 is 0 Å². The van der Waals surface area contributed by atoms with E-state index in [2.05, 4.69) is 10.1 Å². The average Bonchev–Trinajstić information content (AvgIpc) is 2.57. The number of hydrogen-bond donors (Lipinski definition) is 0. The lowest BCUT2D eigenvalue weighted by Gasteiger charge is -2.01. The molecule has 0 unspecified atom stereocenters. The number of nitrogens with zero attached hydrogens (tertiary/aromatic N) is 3. The van der Waals surface area contributed by atoms with Crippen molar-refractivity contribution in [3.05, 3.63) is 41.7 Å². The molecule has 1 aromatic carbocycles. The molecule has 1 aromatic heterocycles. The molecule has 0 aliphatic carbocycles. The molecular weight excluding hydrogens is 181 g/mol. The van der Waals surface area contributed by atoms with Crippen molar-refractivity contribution in [2.45, 2.75) is 13.8 Å². The standard InChI is InChI=1S/C10H10FN3/c1-7-5-9(3-4-10(7)11)14-6-12-8(2)13-14/h3-6H,1-2H3. The van der Waals surface area contributed by atoms with Crippen LogP contribution in [0.3, 0.4) is 0 Å². The van der Waals surface area contributed by atoms with Gasteiger partial charge >= 0.3 is 0 Å². The van der Waals surface area contributed by atoms with Crippen molar-refractivity contribution in [1.82, 2.24) is 14.8 Å². The Bertz CT molecular complexity index is 462. The molecule has 1 heterocycles. The monoisotopic (exact) mass is 191 g/mol. The maximum atomic E-state index is 13.0. The average molecular weight is 191 g/mol. The fourth-order valence-electron chi connectivity index (χ4n) is 1.24. The van der Waals surface area contributed by atoms with E-state index in [-0.39, 0.29) is 5.82 Å². The molecule has 0 fully saturated rings. The highest BCUT2D eigenvalue weighted by molar-refractivity contribution is 5.34. The lowest BCUT2D eigenvalue weighted by Crippen LogP contribution is -1.96. The Morgan fingerprint density at radius 1 is 1.29 bits per heavy atom. The van der Waals surface area contributed by atoms with Crippen molar-refractivity contribution in [2.24, 2.45) is 0 Å².